The maximum Gasteiger partial charge on any atom is 0.178 e. The molecule has 8 atom stereocenters. The summed E-state index contributed by atoms with van der Waals surface area (Å²) in [4.78, 5) is 24.2. The smallest absolute Gasteiger partial charge is 0.178 e. The van der Waals surface area contributed by atoms with Crippen molar-refractivity contribution >= 4 is 11.6 Å². The van der Waals surface area contributed by atoms with Crippen LogP contribution in [-0.4, -0.2) is 33.5 Å². The Hall–Kier alpha value is -1.26. The van der Waals surface area contributed by atoms with E-state index in [9.17, 15) is 19.8 Å². The molecule has 4 aliphatic rings. The molecule has 3 saturated carbocycles. The van der Waals surface area contributed by atoms with E-state index in [1.54, 1.807) is 12.2 Å². The Morgan fingerprint density at radius 3 is 2.65 bits per heavy atom. The molecule has 142 valence electrons. The van der Waals surface area contributed by atoms with E-state index >= 15 is 0 Å². The summed E-state index contributed by atoms with van der Waals surface area (Å²) in [6, 6.07) is 0. The van der Waals surface area contributed by atoms with Gasteiger partial charge in [-0.2, -0.15) is 0 Å². The predicted octanol–water partition coefficient (Wildman–Crippen LogP) is 2.83. The molecule has 0 aromatic heterocycles. The molecule has 2 N–H and O–H groups in total. The zero-order valence-corrected chi connectivity index (χ0v) is 16.2. The van der Waals surface area contributed by atoms with Crippen LogP contribution in [0.3, 0.4) is 0 Å². The van der Waals surface area contributed by atoms with Gasteiger partial charge in [-0.05, 0) is 62.5 Å². The maximum atomic E-state index is 12.3. The van der Waals surface area contributed by atoms with Crippen LogP contribution in [0.25, 0.3) is 0 Å². The highest BCUT2D eigenvalue weighted by molar-refractivity contribution is 6.01. The largest absolute Gasteiger partial charge is 0.393 e. The number of Topliss-reactive ketones (excluding diaryl/α,β-unsaturated/α-hetero) is 1. The molecular formula is C22H30O4. The summed E-state index contributed by atoms with van der Waals surface area (Å²) in [6.07, 6.45) is 7.46. The first-order valence-electron chi connectivity index (χ1n) is 9.91. The standard InChI is InChI=1S/C22H30O4/c1-12-9-15-16-6-8-22(26,13(2)23)21(16,4)11-18(25)19(15)20(3)7-5-14(24)10-17(12)20/h5,7,10,12,15-16,18-19,25-26H,6,8-9,11H2,1-4H3/t12-,15?,16?,18?,19?,20?,21?,22-/m0/s1. The second-order valence-electron chi connectivity index (χ2n) is 9.70. The Labute approximate surface area is 155 Å². The number of carbonyl (C=O) groups excluding carboxylic acids is 2. The molecule has 4 heteroatoms. The average Bonchev–Trinajstić information content (AvgIpc) is 2.81. The van der Waals surface area contributed by atoms with Crippen LogP contribution in [0.2, 0.25) is 0 Å². The third-order valence-corrected chi connectivity index (χ3v) is 8.55. The van der Waals surface area contributed by atoms with Crippen LogP contribution in [0, 0.1) is 34.5 Å². The summed E-state index contributed by atoms with van der Waals surface area (Å²) < 4.78 is 0. The van der Waals surface area contributed by atoms with Crippen molar-refractivity contribution in [1.29, 1.82) is 0 Å². The van der Waals surface area contributed by atoms with Crippen molar-refractivity contribution in [2.45, 2.75) is 65.1 Å². The van der Waals surface area contributed by atoms with Crippen molar-refractivity contribution < 1.29 is 19.8 Å². The summed E-state index contributed by atoms with van der Waals surface area (Å²) in [7, 11) is 0. The molecule has 3 fully saturated rings. The molecule has 0 amide bonds. The number of ketones is 2. The number of hydrogen-bond donors (Lipinski definition) is 2. The quantitative estimate of drug-likeness (QED) is 0.756. The predicted molar refractivity (Wildman–Crippen MR) is 98.2 cm³/mol. The SMILES string of the molecule is CC(=O)[C@@]1(O)CCC2C3C[C@H](C)C4=CC(=O)C=CC4(C)C3C(O)CC21C. The molecule has 0 aromatic rings. The second kappa shape index (κ2) is 5.39. The molecular weight excluding hydrogens is 328 g/mol. The molecule has 26 heavy (non-hydrogen) atoms. The molecule has 0 radical (unpaired) electrons. The fourth-order valence-electron chi connectivity index (χ4n) is 7.33. The summed E-state index contributed by atoms with van der Waals surface area (Å²) in [6.45, 7) is 7.79. The van der Waals surface area contributed by atoms with Crippen molar-refractivity contribution in [1.82, 2.24) is 0 Å². The molecule has 6 unspecified atom stereocenters. The van der Waals surface area contributed by atoms with Gasteiger partial charge in [0, 0.05) is 16.7 Å². The van der Waals surface area contributed by atoms with Gasteiger partial charge in [0.25, 0.3) is 0 Å². The van der Waals surface area contributed by atoms with Crippen molar-refractivity contribution in [2.75, 3.05) is 0 Å². The van der Waals surface area contributed by atoms with E-state index in [1.165, 1.54) is 6.92 Å². The minimum atomic E-state index is -1.33. The van der Waals surface area contributed by atoms with Gasteiger partial charge in [-0.3, -0.25) is 9.59 Å². The van der Waals surface area contributed by atoms with E-state index in [1.807, 2.05) is 13.0 Å². The van der Waals surface area contributed by atoms with Crippen LogP contribution in [0.15, 0.2) is 23.8 Å². The Kier molecular flexibility index (Phi) is 3.75. The molecule has 4 rings (SSSR count). The van der Waals surface area contributed by atoms with E-state index in [2.05, 4.69) is 13.8 Å². The zero-order chi connectivity index (χ0) is 19.1. The van der Waals surface area contributed by atoms with Crippen LogP contribution in [0.1, 0.15) is 53.4 Å². The van der Waals surface area contributed by atoms with Crippen molar-refractivity contribution in [3.63, 3.8) is 0 Å². The number of carbonyl (C=O) groups is 2. The van der Waals surface area contributed by atoms with E-state index in [-0.39, 0.29) is 40.7 Å². The summed E-state index contributed by atoms with van der Waals surface area (Å²) in [5.41, 5.74) is -1.10. The Bertz CT molecular complexity index is 736. The Morgan fingerprint density at radius 2 is 2.00 bits per heavy atom. The van der Waals surface area contributed by atoms with Crippen LogP contribution in [0.5, 0.6) is 0 Å². The second-order valence-corrected chi connectivity index (χ2v) is 9.70. The van der Waals surface area contributed by atoms with Gasteiger partial charge in [-0.1, -0.05) is 32.4 Å². The van der Waals surface area contributed by atoms with E-state index in [0.717, 1.165) is 18.4 Å². The van der Waals surface area contributed by atoms with Crippen molar-refractivity contribution in [3.8, 4) is 0 Å². The van der Waals surface area contributed by atoms with Crippen LogP contribution in [-0.2, 0) is 9.59 Å². The number of hydrogen-bond acceptors (Lipinski definition) is 4. The van der Waals surface area contributed by atoms with E-state index in [4.69, 9.17) is 0 Å². The number of aliphatic hydroxyl groups is 2. The fourth-order valence-corrected chi connectivity index (χ4v) is 7.33. The van der Waals surface area contributed by atoms with Gasteiger partial charge in [0.2, 0.25) is 0 Å². The Balaban J connectivity index is 1.80. The third-order valence-electron chi connectivity index (χ3n) is 8.55. The summed E-state index contributed by atoms with van der Waals surface area (Å²) >= 11 is 0. The lowest BCUT2D eigenvalue weighted by molar-refractivity contribution is -0.176. The van der Waals surface area contributed by atoms with Gasteiger partial charge in [-0.15, -0.1) is 0 Å². The van der Waals surface area contributed by atoms with Crippen LogP contribution < -0.4 is 0 Å². The number of allylic oxidation sites excluding steroid dienone is 4. The molecule has 4 aliphatic carbocycles. The van der Waals surface area contributed by atoms with Gasteiger partial charge >= 0.3 is 0 Å². The number of aliphatic hydroxyl groups excluding tert-OH is 1. The molecule has 0 aromatic carbocycles. The summed E-state index contributed by atoms with van der Waals surface area (Å²) in [5.74, 6) is 0.609. The number of fused-ring (bicyclic) bond motifs is 5. The first kappa shape index (κ1) is 18.1. The third kappa shape index (κ3) is 2.03. The van der Waals surface area contributed by atoms with Gasteiger partial charge in [0.15, 0.2) is 11.6 Å². The maximum absolute atomic E-state index is 12.3. The molecule has 0 bridgehead atoms. The molecule has 0 saturated heterocycles. The molecule has 4 nitrogen and oxygen atoms in total. The summed E-state index contributed by atoms with van der Waals surface area (Å²) in [5, 5.41) is 22.4. The van der Waals surface area contributed by atoms with Gasteiger partial charge in [0.05, 0.1) is 6.10 Å². The van der Waals surface area contributed by atoms with Crippen LogP contribution in [0.4, 0.5) is 0 Å². The van der Waals surface area contributed by atoms with Crippen LogP contribution >= 0.6 is 0 Å². The first-order chi connectivity index (χ1) is 12.0. The van der Waals surface area contributed by atoms with Gasteiger partial charge < -0.3 is 10.2 Å². The first-order valence-corrected chi connectivity index (χ1v) is 9.91. The van der Waals surface area contributed by atoms with Crippen molar-refractivity contribution in [2.24, 2.45) is 34.5 Å². The Morgan fingerprint density at radius 1 is 1.31 bits per heavy atom. The van der Waals surface area contributed by atoms with Crippen molar-refractivity contribution in [3.05, 3.63) is 23.8 Å². The van der Waals surface area contributed by atoms with Gasteiger partial charge in [-0.25, -0.2) is 0 Å². The highest BCUT2D eigenvalue weighted by Gasteiger charge is 2.68. The zero-order valence-electron chi connectivity index (χ0n) is 16.2. The fraction of sp³-hybridized carbons (Fsp3) is 0.727. The lowest BCUT2D eigenvalue weighted by Crippen LogP contribution is -2.61. The normalized spacial score (nSPS) is 52.8. The average molecular weight is 358 g/mol. The monoisotopic (exact) mass is 358 g/mol. The van der Waals surface area contributed by atoms with Gasteiger partial charge in [0.1, 0.15) is 5.60 Å². The number of rotatable bonds is 1. The molecule has 0 spiro atoms. The molecule has 0 heterocycles. The lowest BCUT2D eigenvalue weighted by atomic mass is 9.45. The highest BCUT2D eigenvalue weighted by atomic mass is 16.3. The van der Waals surface area contributed by atoms with E-state index in [0.29, 0.717) is 12.8 Å². The highest BCUT2D eigenvalue weighted by Crippen LogP contribution is 2.67. The lowest BCUT2D eigenvalue weighted by Gasteiger charge is -2.60. The van der Waals surface area contributed by atoms with E-state index < -0.39 is 17.1 Å². The minimum Gasteiger partial charge on any atom is -0.393 e. The topological polar surface area (TPSA) is 74.6 Å². The molecule has 0 aliphatic heterocycles. The minimum absolute atomic E-state index is 0.0293.